The fraction of sp³-hybridized carbons (Fsp3) is 0.486. The highest BCUT2D eigenvalue weighted by Crippen LogP contribution is 2.32. The Morgan fingerprint density at radius 1 is 0.827 bits per heavy atom. The van der Waals surface area contributed by atoms with Crippen molar-refractivity contribution in [3.63, 3.8) is 0 Å². The number of carboxylic acids is 1. The molecule has 3 aliphatic rings. The molecule has 2 heterocycles. The lowest BCUT2D eigenvalue weighted by Crippen LogP contribution is -2.61. The van der Waals surface area contributed by atoms with E-state index in [-0.39, 0.29) is 36.0 Å². The molecule has 284 valence electrons. The summed E-state index contributed by atoms with van der Waals surface area (Å²) < 4.78 is 107. The number of ether oxygens (including phenoxy) is 1. The van der Waals surface area contributed by atoms with Crippen molar-refractivity contribution in [3.05, 3.63) is 71.8 Å². The zero-order valence-corrected chi connectivity index (χ0v) is 28.9. The van der Waals surface area contributed by atoms with Gasteiger partial charge < -0.3 is 20.5 Å². The summed E-state index contributed by atoms with van der Waals surface area (Å²) in [5.41, 5.74) is 5.98. The van der Waals surface area contributed by atoms with E-state index in [1.807, 2.05) is 23.1 Å². The Hall–Kier alpha value is -3.93. The largest absolute Gasteiger partial charge is 0.490 e. The molecule has 0 aromatic heterocycles. The molecule has 3 N–H and O–H groups in total. The summed E-state index contributed by atoms with van der Waals surface area (Å²) in [6, 6.07) is 14.6. The lowest BCUT2D eigenvalue weighted by atomic mass is 10.0. The fourth-order valence-electron chi connectivity index (χ4n) is 6.61. The van der Waals surface area contributed by atoms with Gasteiger partial charge in [-0.05, 0) is 91.3 Å². The van der Waals surface area contributed by atoms with Crippen LogP contribution in [0.2, 0.25) is 0 Å². The van der Waals surface area contributed by atoms with Crippen molar-refractivity contribution < 1.29 is 54.2 Å². The smallest absolute Gasteiger partial charge is 0.490 e. The lowest BCUT2D eigenvalue weighted by Gasteiger charge is -2.42. The van der Waals surface area contributed by atoms with Crippen molar-refractivity contribution in [2.75, 3.05) is 32.7 Å². The van der Waals surface area contributed by atoms with Crippen molar-refractivity contribution in [3.8, 4) is 5.75 Å². The normalized spacial score (nSPS) is 20.1. The van der Waals surface area contributed by atoms with E-state index in [9.17, 15) is 39.6 Å². The molecule has 52 heavy (non-hydrogen) atoms. The van der Waals surface area contributed by atoms with Crippen LogP contribution >= 0.6 is 0 Å². The monoisotopic (exact) mass is 758 g/mol. The lowest BCUT2D eigenvalue weighted by molar-refractivity contribution is -0.192. The van der Waals surface area contributed by atoms with Crippen LogP contribution in [-0.2, 0) is 32.3 Å². The predicted octanol–water partition coefficient (Wildman–Crippen LogP) is 5.64. The van der Waals surface area contributed by atoms with E-state index in [0.29, 0.717) is 44.6 Å². The molecule has 0 radical (unpaired) electrons. The molecule has 6 rings (SSSR count). The van der Waals surface area contributed by atoms with Crippen LogP contribution in [0.5, 0.6) is 5.75 Å². The van der Waals surface area contributed by atoms with Gasteiger partial charge in [-0.2, -0.15) is 30.6 Å². The zero-order valence-electron chi connectivity index (χ0n) is 28.1. The molecular formula is C35H40F6N4O6S. The Labute approximate surface area is 297 Å². The first-order chi connectivity index (χ1) is 24.4. The van der Waals surface area contributed by atoms with E-state index in [4.69, 9.17) is 20.4 Å². The minimum atomic E-state index is -5.08. The summed E-state index contributed by atoms with van der Waals surface area (Å²) in [4.78, 5) is 26.5. The van der Waals surface area contributed by atoms with Gasteiger partial charge in [-0.1, -0.05) is 24.3 Å². The van der Waals surface area contributed by atoms with Gasteiger partial charge in [-0.25, -0.2) is 13.2 Å². The van der Waals surface area contributed by atoms with Crippen LogP contribution < -0.4 is 10.5 Å². The van der Waals surface area contributed by atoms with Gasteiger partial charge in [0.15, 0.2) is 0 Å². The van der Waals surface area contributed by atoms with Crippen LogP contribution in [0.4, 0.5) is 26.3 Å². The van der Waals surface area contributed by atoms with Crippen LogP contribution in [0.25, 0.3) is 10.8 Å². The van der Waals surface area contributed by atoms with Crippen molar-refractivity contribution >= 4 is 32.7 Å². The number of rotatable bonds is 7. The third-order valence-corrected chi connectivity index (χ3v) is 11.4. The van der Waals surface area contributed by atoms with Gasteiger partial charge in [0.05, 0.1) is 16.6 Å². The predicted molar refractivity (Wildman–Crippen MR) is 179 cm³/mol. The molecule has 2 saturated heterocycles. The number of fused-ring (bicyclic) bond motifs is 1. The van der Waals surface area contributed by atoms with Gasteiger partial charge in [-0.15, -0.1) is 0 Å². The average molecular weight is 759 g/mol. The van der Waals surface area contributed by atoms with Crippen LogP contribution in [0.3, 0.4) is 0 Å². The molecule has 1 atom stereocenters. The Balaban J connectivity index is 0.000000679. The quantitative estimate of drug-likeness (QED) is 0.296. The number of nitrogens with zero attached hydrogens (tertiary/aromatic N) is 3. The van der Waals surface area contributed by atoms with Crippen LogP contribution in [-0.4, -0.2) is 96.6 Å². The zero-order chi connectivity index (χ0) is 37.8. The number of piperidine rings is 1. The number of aliphatic carboxylic acids is 1. The summed E-state index contributed by atoms with van der Waals surface area (Å²) in [5, 5.41) is 8.74. The highest BCUT2D eigenvalue weighted by molar-refractivity contribution is 7.89. The number of likely N-dealkylation sites (tertiary alicyclic amines) is 1. The Morgan fingerprint density at radius 2 is 1.42 bits per heavy atom. The minimum Gasteiger partial charge on any atom is -0.490 e. The molecule has 1 aliphatic carbocycles. The van der Waals surface area contributed by atoms with Crippen molar-refractivity contribution in [2.24, 2.45) is 5.73 Å². The van der Waals surface area contributed by atoms with Crippen molar-refractivity contribution in [1.82, 2.24) is 14.1 Å². The van der Waals surface area contributed by atoms with Gasteiger partial charge >= 0.3 is 18.3 Å². The molecule has 3 aromatic carbocycles. The minimum absolute atomic E-state index is 0.00177. The second-order valence-electron chi connectivity index (χ2n) is 13.2. The summed E-state index contributed by atoms with van der Waals surface area (Å²) in [7, 11) is -4.07. The highest BCUT2D eigenvalue weighted by Gasteiger charge is 2.42. The third kappa shape index (κ3) is 9.73. The number of carboxylic acid groups (broad SMARTS) is 1. The number of carbonyl (C=O) groups is 2. The fourth-order valence-corrected chi connectivity index (χ4v) is 8.21. The van der Waals surface area contributed by atoms with Crippen LogP contribution in [0.1, 0.15) is 49.7 Å². The molecule has 0 bridgehead atoms. The Bertz CT molecular complexity index is 1830. The number of hydrogen-bond acceptors (Lipinski definition) is 7. The number of halogens is 6. The van der Waals surface area contributed by atoms with Crippen molar-refractivity contribution in [1.29, 1.82) is 0 Å². The average Bonchev–Trinajstić information content (AvgIpc) is 3.61. The van der Waals surface area contributed by atoms with Gasteiger partial charge in [-0.3, -0.25) is 9.69 Å². The molecule has 0 spiro atoms. The van der Waals surface area contributed by atoms with Crippen LogP contribution in [0, 0.1) is 0 Å². The molecule has 1 amide bonds. The molecule has 3 fully saturated rings. The van der Waals surface area contributed by atoms with E-state index in [0.717, 1.165) is 54.3 Å². The first kappa shape index (κ1) is 39.3. The molecule has 1 saturated carbocycles. The Morgan fingerprint density at radius 3 is 2.02 bits per heavy atom. The topological polar surface area (TPSA) is 133 Å². The number of amides is 1. The number of hydrogen-bond donors (Lipinski definition) is 2. The van der Waals surface area contributed by atoms with E-state index in [1.54, 1.807) is 23.1 Å². The third-order valence-electron chi connectivity index (χ3n) is 9.48. The molecule has 2 aliphatic heterocycles. The molecular weight excluding hydrogens is 718 g/mol. The second kappa shape index (κ2) is 16.0. The number of benzene rings is 3. The number of piperazine rings is 1. The van der Waals surface area contributed by atoms with E-state index >= 15 is 0 Å². The summed E-state index contributed by atoms with van der Waals surface area (Å²) in [6.45, 7) is 1.71. The Kier molecular flexibility index (Phi) is 12.1. The number of alkyl halides is 6. The maximum absolute atomic E-state index is 14.2. The first-order valence-corrected chi connectivity index (χ1v) is 18.3. The second-order valence-corrected chi connectivity index (χ2v) is 15.1. The van der Waals surface area contributed by atoms with E-state index in [2.05, 4.69) is 0 Å². The summed E-state index contributed by atoms with van der Waals surface area (Å²) in [6.07, 6.45) is -3.62. The standard InChI is InChI=1S/C33H39F3N4O4S.C2HF3O2/c34-33(35,36)26-9-5-23(6-10-26)21-38-17-18-40(31(22-38)32(41)39-15-13-27(37)14-16-39)45(42,43)30-12-8-24-19-29(11-7-25(24)20-30)44-28-3-1-2-4-28;3-2(4,5)1(6)7/h5-12,19-20,27-28,31H,1-4,13-18,21-22,37H2;(H,6,7). The number of carbonyl (C=O) groups excluding carboxylic acids is 1. The van der Waals surface area contributed by atoms with E-state index in [1.165, 1.54) is 16.4 Å². The summed E-state index contributed by atoms with van der Waals surface area (Å²) >= 11 is 0. The molecule has 17 heteroatoms. The van der Waals surface area contributed by atoms with Gasteiger partial charge in [0.25, 0.3) is 0 Å². The molecule has 1 unspecified atom stereocenters. The van der Waals surface area contributed by atoms with Crippen molar-refractivity contribution in [2.45, 2.75) is 80.5 Å². The van der Waals surface area contributed by atoms with Crippen LogP contribution in [0.15, 0.2) is 65.6 Å². The van der Waals surface area contributed by atoms with E-state index < -0.39 is 40.0 Å². The SMILES string of the molecule is NC1CCN(C(=O)C2CN(Cc3ccc(C(F)(F)F)cc3)CCN2S(=O)(=O)c2ccc3cc(OC4CCCC4)ccc3c2)CC1.O=C(O)C(F)(F)F. The van der Waals surface area contributed by atoms with Gasteiger partial charge in [0.2, 0.25) is 15.9 Å². The molecule has 3 aromatic rings. The van der Waals surface area contributed by atoms with Gasteiger partial charge in [0.1, 0.15) is 11.8 Å². The number of nitrogens with two attached hydrogens (primary N) is 1. The molecule has 10 nitrogen and oxygen atoms in total. The number of sulfonamides is 1. The summed E-state index contributed by atoms with van der Waals surface area (Å²) in [5.74, 6) is -2.27. The van der Waals surface area contributed by atoms with Gasteiger partial charge in [0, 0.05) is 45.3 Å². The maximum atomic E-state index is 14.2. The first-order valence-electron chi connectivity index (χ1n) is 16.9. The maximum Gasteiger partial charge on any atom is 0.490 e. The highest BCUT2D eigenvalue weighted by atomic mass is 32.2.